The van der Waals surface area contributed by atoms with Crippen molar-refractivity contribution < 1.29 is 23.9 Å². The average Bonchev–Trinajstić information content (AvgIpc) is 2.75. The number of ether oxygens (including phenoxy) is 1. The van der Waals surface area contributed by atoms with Gasteiger partial charge in [0, 0.05) is 44.0 Å². The Labute approximate surface area is 219 Å². The molecule has 0 aromatic heterocycles. The highest BCUT2D eigenvalue weighted by molar-refractivity contribution is 8.13. The zero-order valence-corrected chi connectivity index (χ0v) is 23.5. The van der Waals surface area contributed by atoms with Gasteiger partial charge in [0.15, 0.2) is 10.2 Å². The number of carbonyl (C=O) groups is 4. The fourth-order valence-corrected chi connectivity index (χ4v) is 4.37. The summed E-state index contributed by atoms with van der Waals surface area (Å²) in [5.74, 6) is 1.45. The number of urea groups is 1. The fraction of sp³-hybridized carbons (Fsp3) is 0.680. The minimum atomic E-state index is -0.537. The van der Waals surface area contributed by atoms with Crippen molar-refractivity contribution in [2.24, 2.45) is 10.8 Å². The van der Waals surface area contributed by atoms with Gasteiger partial charge in [-0.3, -0.25) is 9.59 Å². The number of carbonyl (C=O) groups excluding carboxylic acids is 4. The average molecular weight is 530 g/mol. The highest BCUT2D eigenvalue weighted by Crippen LogP contribution is 2.28. The molecule has 8 nitrogen and oxygen atoms in total. The minimum Gasteiger partial charge on any atom is -0.445 e. The molecule has 0 saturated heterocycles. The number of thioether (sulfide) groups is 2. The molecule has 3 N–H and O–H groups in total. The monoisotopic (exact) mass is 529 g/mol. The van der Waals surface area contributed by atoms with E-state index in [0.29, 0.717) is 18.8 Å². The minimum absolute atomic E-state index is 0.0000537. The molecule has 0 bridgehead atoms. The normalized spacial score (nSPS) is 11.7. The summed E-state index contributed by atoms with van der Waals surface area (Å²) < 4.78 is 5.10. The van der Waals surface area contributed by atoms with Gasteiger partial charge in [0.05, 0.1) is 0 Å². The van der Waals surface area contributed by atoms with Crippen LogP contribution < -0.4 is 16.0 Å². The van der Waals surface area contributed by atoms with Gasteiger partial charge in [0.25, 0.3) is 0 Å². The molecule has 0 aromatic rings. The van der Waals surface area contributed by atoms with Gasteiger partial charge in [0.1, 0.15) is 6.61 Å². The number of alkyl carbamates (subject to hydrolysis) is 1. The SMILES string of the molecule is C=CCNC(=O)NCCC(=O)SCCC(C)(C)C/C=C/COC(=O)NCCC(=O)SCC(C)(C)C. The predicted molar refractivity (Wildman–Crippen MR) is 147 cm³/mol. The molecule has 0 aliphatic carbocycles. The second-order valence-corrected chi connectivity index (χ2v) is 12.2. The van der Waals surface area contributed by atoms with E-state index in [-0.39, 0.29) is 53.1 Å². The van der Waals surface area contributed by atoms with E-state index in [9.17, 15) is 19.2 Å². The first kappa shape index (κ1) is 33.1. The van der Waals surface area contributed by atoms with Crippen molar-refractivity contribution in [2.45, 2.75) is 60.3 Å². The topological polar surface area (TPSA) is 114 Å². The van der Waals surface area contributed by atoms with Crippen LogP contribution in [0.2, 0.25) is 0 Å². The molecule has 0 radical (unpaired) electrons. The van der Waals surface area contributed by atoms with Crippen LogP contribution in [-0.2, 0) is 14.3 Å². The van der Waals surface area contributed by atoms with Crippen molar-refractivity contribution in [2.75, 3.05) is 37.7 Å². The Bertz CT molecular complexity index is 718. The molecular weight excluding hydrogens is 486 g/mol. The quantitative estimate of drug-likeness (QED) is 0.244. The van der Waals surface area contributed by atoms with Crippen LogP contribution in [-0.4, -0.2) is 60.1 Å². The molecule has 0 rings (SSSR count). The van der Waals surface area contributed by atoms with E-state index in [2.05, 4.69) is 57.1 Å². The molecule has 0 unspecified atom stereocenters. The second-order valence-electron chi connectivity index (χ2n) is 9.98. The molecule has 0 atom stereocenters. The lowest BCUT2D eigenvalue weighted by Crippen LogP contribution is -2.36. The van der Waals surface area contributed by atoms with E-state index in [1.165, 1.54) is 23.5 Å². The zero-order chi connectivity index (χ0) is 26.7. The largest absolute Gasteiger partial charge is 0.445 e. The summed E-state index contributed by atoms with van der Waals surface area (Å²) in [5, 5.41) is 7.92. The van der Waals surface area contributed by atoms with E-state index in [4.69, 9.17) is 4.74 Å². The van der Waals surface area contributed by atoms with Crippen LogP contribution in [0.4, 0.5) is 9.59 Å². The zero-order valence-electron chi connectivity index (χ0n) is 21.9. The molecular formula is C25H43N3O5S2. The molecule has 0 aliphatic heterocycles. The highest BCUT2D eigenvalue weighted by Gasteiger charge is 2.17. The third-order valence-corrected chi connectivity index (χ3v) is 6.95. The first-order chi connectivity index (χ1) is 16.3. The number of amides is 3. The number of rotatable bonds is 16. The van der Waals surface area contributed by atoms with Crippen molar-refractivity contribution in [1.29, 1.82) is 0 Å². The molecule has 0 aromatic carbocycles. The number of hydrogen-bond acceptors (Lipinski definition) is 7. The first-order valence-corrected chi connectivity index (χ1v) is 13.8. The van der Waals surface area contributed by atoms with Crippen LogP contribution in [0.3, 0.4) is 0 Å². The van der Waals surface area contributed by atoms with Crippen molar-refractivity contribution in [3.63, 3.8) is 0 Å². The third-order valence-electron chi connectivity index (χ3n) is 4.48. The second kappa shape index (κ2) is 18.3. The maximum Gasteiger partial charge on any atom is 0.407 e. The van der Waals surface area contributed by atoms with Crippen molar-refractivity contribution >= 4 is 45.9 Å². The van der Waals surface area contributed by atoms with Gasteiger partial charge in [-0.15, -0.1) is 6.58 Å². The maximum atomic E-state index is 12.0. The molecule has 3 amide bonds. The summed E-state index contributed by atoms with van der Waals surface area (Å²) in [7, 11) is 0. The van der Waals surface area contributed by atoms with Crippen molar-refractivity contribution in [3.05, 3.63) is 24.8 Å². The molecule has 0 spiro atoms. The smallest absolute Gasteiger partial charge is 0.407 e. The van der Waals surface area contributed by atoms with Crippen molar-refractivity contribution in [1.82, 2.24) is 16.0 Å². The molecule has 0 fully saturated rings. The number of nitrogens with one attached hydrogen (secondary N) is 3. The summed E-state index contributed by atoms with van der Waals surface area (Å²) in [4.78, 5) is 46.9. The molecule has 0 aliphatic rings. The van der Waals surface area contributed by atoms with Gasteiger partial charge >= 0.3 is 12.1 Å². The molecule has 200 valence electrons. The number of allylic oxidation sites excluding steroid dienone is 1. The summed E-state index contributed by atoms with van der Waals surface area (Å²) >= 11 is 2.57. The number of hydrogen-bond donors (Lipinski definition) is 3. The lowest BCUT2D eigenvalue weighted by atomic mass is 9.86. The van der Waals surface area contributed by atoms with Crippen LogP contribution in [0.5, 0.6) is 0 Å². The summed E-state index contributed by atoms with van der Waals surface area (Å²) in [5.41, 5.74) is 0.0905. The summed E-state index contributed by atoms with van der Waals surface area (Å²) in [6.07, 6.45) is 7.02. The summed E-state index contributed by atoms with van der Waals surface area (Å²) in [6.45, 7) is 15.1. The van der Waals surface area contributed by atoms with Gasteiger partial charge in [0.2, 0.25) is 0 Å². The van der Waals surface area contributed by atoms with E-state index in [1.54, 1.807) is 12.2 Å². The van der Waals surface area contributed by atoms with Gasteiger partial charge in [-0.2, -0.15) is 0 Å². The molecule has 10 heteroatoms. The van der Waals surface area contributed by atoms with E-state index in [1.807, 2.05) is 6.08 Å². The van der Waals surface area contributed by atoms with Crippen LogP contribution in [0, 0.1) is 10.8 Å². The van der Waals surface area contributed by atoms with E-state index >= 15 is 0 Å². The van der Waals surface area contributed by atoms with Gasteiger partial charge in [-0.05, 0) is 23.7 Å². The lowest BCUT2D eigenvalue weighted by molar-refractivity contribution is -0.111. The van der Waals surface area contributed by atoms with Gasteiger partial charge < -0.3 is 20.7 Å². The Morgan fingerprint density at radius 3 is 2.14 bits per heavy atom. The Balaban J connectivity index is 3.89. The predicted octanol–water partition coefficient (Wildman–Crippen LogP) is 4.91. The Hall–Kier alpha value is -1.94. The van der Waals surface area contributed by atoms with Crippen LogP contribution in [0.15, 0.2) is 24.8 Å². The van der Waals surface area contributed by atoms with Gasteiger partial charge in [-0.25, -0.2) is 9.59 Å². The lowest BCUT2D eigenvalue weighted by Gasteiger charge is -2.22. The van der Waals surface area contributed by atoms with Gasteiger partial charge in [-0.1, -0.05) is 76.4 Å². The first-order valence-electron chi connectivity index (χ1n) is 11.8. The Morgan fingerprint density at radius 1 is 0.886 bits per heavy atom. The molecule has 0 heterocycles. The third kappa shape index (κ3) is 22.3. The maximum absolute atomic E-state index is 12.0. The Morgan fingerprint density at radius 2 is 1.51 bits per heavy atom. The van der Waals surface area contributed by atoms with E-state index in [0.717, 1.165) is 18.6 Å². The highest BCUT2D eigenvalue weighted by atomic mass is 32.2. The standard InChI is InChI=1S/C25H43N3O5S2/c1-7-14-26-22(31)27-15-10-20(29)34-18-13-25(5,6)12-8-9-17-33-23(32)28-16-11-21(30)35-19-24(2,3)4/h7-9H,1,10-19H2,2-6H3,(H,28,32)(H2,26,27,31)/b9-8+. The molecule has 0 saturated carbocycles. The molecule has 35 heavy (non-hydrogen) atoms. The fourth-order valence-electron chi connectivity index (χ4n) is 2.40. The van der Waals surface area contributed by atoms with Crippen LogP contribution in [0.1, 0.15) is 60.3 Å². The summed E-state index contributed by atoms with van der Waals surface area (Å²) in [6, 6.07) is -0.308. The van der Waals surface area contributed by atoms with Crippen molar-refractivity contribution in [3.8, 4) is 0 Å². The van der Waals surface area contributed by atoms with E-state index < -0.39 is 6.09 Å². The van der Waals surface area contributed by atoms with Crippen LogP contribution in [0.25, 0.3) is 0 Å². The van der Waals surface area contributed by atoms with Crippen LogP contribution >= 0.6 is 23.5 Å². The Kier molecular flexibility index (Phi) is 17.3.